The molecule has 3 rings (SSSR count). The molecule has 2 aromatic carbocycles. The van der Waals surface area contributed by atoms with E-state index in [1.165, 1.54) is 0 Å². The summed E-state index contributed by atoms with van der Waals surface area (Å²) in [7, 11) is 0. The largest absolute Gasteiger partial charge is 0.316 e. The second kappa shape index (κ2) is 4.43. The molecule has 0 amide bonds. The average molecular weight is 246 g/mol. The summed E-state index contributed by atoms with van der Waals surface area (Å²) in [5.74, 6) is 0. The van der Waals surface area contributed by atoms with Crippen LogP contribution >= 0.6 is 0 Å². The summed E-state index contributed by atoms with van der Waals surface area (Å²) in [6, 6.07) is 17.1. The molecule has 90 valence electrons. The standard InChI is InChI=1S/C16H10N2O/c17-9-12-5-7-14(8-6-12)18-10-13(11-19)15-3-1-2-4-16(15)18/h1-8,10-11H. The van der Waals surface area contributed by atoms with Crippen LogP contribution in [0.25, 0.3) is 16.6 Å². The molecular formula is C16H10N2O. The maximum Gasteiger partial charge on any atom is 0.152 e. The lowest BCUT2D eigenvalue weighted by molar-refractivity contribution is 0.112. The number of fused-ring (bicyclic) bond motifs is 1. The quantitative estimate of drug-likeness (QED) is 0.651. The lowest BCUT2D eigenvalue weighted by Gasteiger charge is -2.04. The number of para-hydroxylation sites is 1. The van der Waals surface area contributed by atoms with Gasteiger partial charge in [-0.15, -0.1) is 0 Å². The lowest BCUT2D eigenvalue weighted by Crippen LogP contribution is -1.91. The zero-order chi connectivity index (χ0) is 13.2. The summed E-state index contributed by atoms with van der Waals surface area (Å²) in [6.07, 6.45) is 2.68. The third-order valence-corrected chi connectivity index (χ3v) is 3.14. The molecule has 1 aromatic heterocycles. The van der Waals surface area contributed by atoms with Gasteiger partial charge in [-0.3, -0.25) is 4.79 Å². The number of hydrogen-bond donors (Lipinski definition) is 0. The molecule has 3 aromatic rings. The van der Waals surface area contributed by atoms with Crippen LogP contribution in [0.4, 0.5) is 0 Å². The monoisotopic (exact) mass is 246 g/mol. The van der Waals surface area contributed by atoms with Crippen LogP contribution in [0.2, 0.25) is 0 Å². The number of nitrogens with zero attached hydrogens (tertiary/aromatic N) is 2. The van der Waals surface area contributed by atoms with Gasteiger partial charge >= 0.3 is 0 Å². The van der Waals surface area contributed by atoms with Crippen molar-refractivity contribution in [1.29, 1.82) is 5.26 Å². The van der Waals surface area contributed by atoms with Gasteiger partial charge in [-0.25, -0.2) is 0 Å². The van der Waals surface area contributed by atoms with Gasteiger partial charge in [0.1, 0.15) is 0 Å². The Morgan fingerprint density at radius 3 is 2.47 bits per heavy atom. The van der Waals surface area contributed by atoms with Crippen LogP contribution in [-0.4, -0.2) is 10.9 Å². The molecule has 0 aliphatic rings. The minimum absolute atomic E-state index is 0.621. The van der Waals surface area contributed by atoms with Crippen LogP contribution in [-0.2, 0) is 0 Å². The number of carbonyl (C=O) groups is 1. The topological polar surface area (TPSA) is 45.8 Å². The molecule has 0 radical (unpaired) electrons. The van der Waals surface area contributed by atoms with Crippen molar-refractivity contribution < 1.29 is 4.79 Å². The lowest BCUT2D eigenvalue weighted by atomic mass is 10.2. The molecule has 19 heavy (non-hydrogen) atoms. The van der Waals surface area contributed by atoms with Crippen LogP contribution in [0.15, 0.2) is 54.7 Å². The first-order valence-corrected chi connectivity index (χ1v) is 5.89. The number of carbonyl (C=O) groups excluding carboxylic acids is 1. The van der Waals surface area contributed by atoms with Crippen molar-refractivity contribution in [3.63, 3.8) is 0 Å². The number of aldehydes is 1. The predicted molar refractivity (Wildman–Crippen MR) is 73.4 cm³/mol. The highest BCUT2D eigenvalue weighted by molar-refractivity contribution is 5.98. The van der Waals surface area contributed by atoms with Crippen LogP contribution in [0, 0.1) is 11.3 Å². The fourth-order valence-electron chi connectivity index (χ4n) is 2.21. The van der Waals surface area contributed by atoms with Gasteiger partial charge < -0.3 is 4.57 Å². The summed E-state index contributed by atoms with van der Waals surface area (Å²) in [5.41, 5.74) is 3.20. The van der Waals surface area contributed by atoms with E-state index in [0.29, 0.717) is 11.1 Å². The molecule has 0 saturated carbocycles. The maximum atomic E-state index is 11.1. The maximum absolute atomic E-state index is 11.1. The zero-order valence-electron chi connectivity index (χ0n) is 10.1. The Balaban J connectivity index is 2.24. The van der Waals surface area contributed by atoms with Gasteiger partial charge in [0.15, 0.2) is 6.29 Å². The minimum atomic E-state index is 0.621. The van der Waals surface area contributed by atoms with Crippen molar-refractivity contribution in [2.45, 2.75) is 0 Å². The summed E-state index contributed by atoms with van der Waals surface area (Å²) >= 11 is 0. The van der Waals surface area contributed by atoms with E-state index in [4.69, 9.17) is 5.26 Å². The Morgan fingerprint density at radius 1 is 1.05 bits per heavy atom. The van der Waals surface area contributed by atoms with Crippen molar-refractivity contribution in [2.24, 2.45) is 0 Å². The number of aromatic nitrogens is 1. The van der Waals surface area contributed by atoms with Crippen molar-refractivity contribution in [3.8, 4) is 11.8 Å². The van der Waals surface area contributed by atoms with Crippen molar-refractivity contribution >= 4 is 17.2 Å². The normalized spacial score (nSPS) is 10.3. The molecule has 3 nitrogen and oxygen atoms in total. The minimum Gasteiger partial charge on any atom is -0.316 e. The fraction of sp³-hybridized carbons (Fsp3) is 0. The molecule has 0 fully saturated rings. The summed E-state index contributed by atoms with van der Waals surface area (Å²) in [5, 5.41) is 9.74. The predicted octanol–water partition coefficient (Wildman–Crippen LogP) is 3.31. The second-order valence-corrected chi connectivity index (χ2v) is 4.25. The van der Waals surface area contributed by atoms with Crippen molar-refractivity contribution in [2.75, 3.05) is 0 Å². The summed E-state index contributed by atoms with van der Waals surface area (Å²) in [6.45, 7) is 0. The Morgan fingerprint density at radius 2 is 1.79 bits per heavy atom. The molecule has 0 atom stereocenters. The first-order valence-electron chi connectivity index (χ1n) is 5.89. The van der Waals surface area contributed by atoms with E-state index in [9.17, 15) is 4.79 Å². The average Bonchev–Trinajstić information content (AvgIpc) is 2.86. The van der Waals surface area contributed by atoms with E-state index in [1.807, 2.05) is 47.2 Å². The molecule has 0 spiro atoms. The van der Waals surface area contributed by atoms with Crippen LogP contribution in [0.3, 0.4) is 0 Å². The zero-order valence-corrected chi connectivity index (χ0v) is 10.1. The molecule has 0 aliphatic heterocycles. The van der Waals surface area contributed by atoms with E-state index in [2.05, 4.69) is 6.07 Å². The Kier molecular flexibility index (Phi) is 2.62. The van der Waals surface area contributed by atoms with Gasteiger partial charge in [-0.2, -0.15) is 5.26 Å². The molecule has 0 bridgehead atoms. The van der Waals surface area contributed by atoms with Gasteiger partial charge in [-0.1, -0.05) is 18.2 Å². The van der Waals surface area contributed by atoms with Crippen molar-refractivity contribution in [1.82, 2.24) is 4.57 Å². The Labute approximate surface area is 110 Å². The molecule has 0 saturated heterocycles. The van der Waals surface area contributed by atoms with Gasteiger partial charge in [0.25, 0.3) is 0 Å². The van der Waals surface area contributed by atoms with E-state index >= 15 is 0 Å². The third kappa shape index (κ3) is 1.80. The number of hydrogen-bond acceptors (Lipinski definition) is 2. The van der Waals surface area contributed by atoms with E-state index < -0.39 is 0 Å². The molecule has 1 heterocycles. The van der Waals surface area contributed by atoms with E-state index in [1.54, 1.807) is 12.1 Å². The summed E-state index contributed by atoms with van der Waals surface area (Å²) in [4.78, 5) is 11.1. The highest BCUT2D eigenvalue weighted by Crippen LogP contribution is 2.23. The molecule has 0 N–H and O–H groups in total. The van der Waals surface area contributed by atoms with Gasteiger partial charge in [-0.05, 0) is 30.3 Å². The first kappa shape index (κ1) is 11.2. The van der Waals surface area contributed by atoms with Crippen LogP contribution in [0.5, 0.6) is 0 Å². The number of rotatable bonds is 2. The second-order valence-electron chi connectivity index (χ2n) is 4.25. The molecule has 0 aliphatic carbocycles. The third-order valence-electron chi connectivity index (χ3n) is 3.14. The van der Waals surface area contributed by atoms with Crippen molar-refractivity contribution in [3.05, 3.63) is 65.9 Å². The summed E-state index contributed by atoms with van der Waals surface area (Å²) < 4.78 is 1.96. The SMILES string of the molecule is N#Cc1ccc(-n2cc(C=O)c3ccccc32)cc1. The number of benzene rings is 2. The van der Waals surface area contributed by atoms with Gasteiger partial charge in [0.2, 0.25) is 0 Å². The molecular weight excluding hydrogens is 236 g/mol. The molecule has 0 unspecified atom stereocenters. The van der Waals surface area contributed by atoms with Gasteiger partial charge in [0.05, 0.1) is 17.1 Å². The molecule has 3 heteroatoms. The Hall–Kier alpha value is -2.86. The highest BCUT2D eigenvalue weighted by Gasteiger charge is 2.08. The van der Waals surface area contributed by atoms with Gasteiger partial charge in [0, 0.05) is 22.8 Å². The fourth-order valence-corrected chi connectivity index (χ4v) is 2.21. The van der Waals surface area contributed by atoms with Crippen LogP contribution in [0.1, 0.15) is 15.9 Å². The smallest absolute Gasteiger partial charge is 0.152 e. The first-order chi connectivity index (χ1) is 9.33. The van der Waals surface area contributed by atoms with E-state index in [-0.39, 0.29) is 0 Å². The number of nitriles is 1. The Bertz CT molecular complexity index is 792. The van der Waals surface area contributed by atoms with E-state index in [0.717, 1.165) is 22.9 Å². The highest BCUT2D eigenvalue weighted by atomic mass is 16.1. The van der Waals surface area contributed by atoms with Crippen LogP contribution < -0.4 is 0 Å².